The molecule has 0 aliphatic carbocycles. The molecule has 20 heavy (non-hydrogen) atoms. The first-order valence-corrected chi connectivity index (χ1v) is 6.73. The van der Waals surface area contributed by atoms with Crippen molar-refractivity contribution in [2.75, 3.05) is 5.73 Å². The van der Waals surface area contributed by atoms with Gasteiger partial charge in [0.05, 0.1) is 5.52 Å². The zero-order valence-electron chi connectivity index (χ0n) is 11.3. The molecule has 0 atom stereocenters. The van der Waals surface area contributed by atoms with E-state index in [-0.39, 0.29) is 0 Å². The van der Waals surface area contributed by atoms with Gasteiger partial charge in [-0.1, -0.05) is 23.2 Å². The molecule has 0 saturated heterocycles. The predicted molar refractivity (Wildman–Crippen MR) is 83.9 cm³/mol. The third kappa shape index (κ3) is 2.21. The Morgan fingerprint density at radius 2 is 1.80 bits per heavy atom. The standard InChI is InChI=1S/C16H14ClN3/c1-9-3-6-14-13(7-9)15(18)20-16(19-14)12-5-4-11(17)8-10(12)2/h3-8H,1-2H3,(H2,18,19,20). The molecule has 3 rings (SSSR count). The van der Waals surface area contributed by atoms with Crippen molar-refractivity contribution in [1.29, 1.82) is 0 Å². The molecule has 0 unspecified atom stereocenters. The van der Waals surface area contributed by atoms with E-state index in [1.807, 2.05) is 50.2 Å². The normalized spacial score (nSPS) is 10.9. The van der Waals surface area contributed by atoms with Crippen molar-refractivity contribution in [2.24, 2.45) is 0 Å². The van der Waals surface area contributed by atoms with Crippen molar-refractivity contribution in [1.82, 2.24) is 9.97 Å². The first-order chi connectivity index (χ1) is 9.54. The summed E-state index contributed by atoms with van der Waals surface area (Å²) < 4.78 is 0. The molecule has 0 radical (unpaired) electrons. The molecule has 2 aromatic carbocycles. The molecule has 3 aromatic rings. The molecule has 100 valence electrons. The molecule has 0 bridgehead atoms. The van der Waals surface area contributed by atoms with E-state index >= 15 is 0 Å². The fraction of sp³-hybridized carbons (Fsp3) is 0.125. The van der Waals surface area contributed by atoms with Crippen molar-refractivity contribution in [3.8, 4) is 11.4 Å². The van der Waals surface area contributed by atoms with Gasteiger partial charge in [-0.15, -0.1) is 0 Å². The van der Waals surface area contributed by atoms with E-state index in [1.165, 1.54) is 0 Å². The minimum atomic E-state index is 0.503. The number of hydrogen-bond acceptors (Lipinski definition) is 3. The van der Waals surface area contributed by atoms with Crippen molar-refractivity contribution >= 4 is 28.3 Å². The number of hydrogen-bond donors (Lipinski definition) is 1. The zero-order chi connectivity index (χ0) is 14.3. The van der Waals surface area contributed by atoms with Crippen LogP contribution in [0, 0.1) is 13.8 Å². The van der Waals surface area contributed by atoms with Crippen LogP contribution in [0.2, 0.25) is 5.02 Å². The van der Waals surface area contributed by atoms with Crippen LogP contribution in [0.5, 0.6) is 0 Å². The lowest BCUT2D eigenvalue weighted by molar-refractivity contribution is 1.22. The van der Waals surface area contributed by atoms with Crippen molar-refractivity contribution < 1.29 is 0 Å². The zero-order valence-corrected chi connectivity index (χ0v) is 12.1. The highest BCUT2D eigenvalue weighted by atomic mass is 35.5. The fourth-order valence-corrected chi connectivity index (χ4v) is 2.49. The van der Waals surface area contributed by atoms with Crippen LogP contribution in [0.25, 0.3) is 22.3 Å². The summed E-state index contributed by atoms with van der Waals surface area (Å²) in [5.74, 6) is 1.14. The number of fused-ring (bicyclic) bond motifs is 1. The quantitative estimate of drug-likeness (QED) is 0.730. The van der Waals surface area contributed by atoms with Crippen molar-refractivity contribution in [3.05, 3.63) is 52.5 Å². The smallest absolute Gasteiger partial charge is 0.162 e. The molecule has 0 spiro atoms. The molecule has 1 aromatic heterocycles. The van der Waals surface area contributed by atoms with Crippen LogP contribution in [0.4, 0.5) is 5.82 Å². The Balaban J connectivity index is 2.24. The molecule has 0 aliphatic heterocycles. The van der Waals surface area contributed by atoms with Crippen molar-refractivity contribution in [2.45, 2.75) is 13.8 Å². The summed E-state index contributed by atoms with van der Waals surface area (Å²) in [5.41, 5.74) is 10.0. The summed E-state index contributed by atoms with van der Waals surface area (Å²) in [6, 6.07) is 11.7. The van der Waals surface area contributed by atoms with Gasteiger partial charge in [0, 0.05) is 16.0 Å². The Hall–Kier alpha value is -2.13. The summed E-state index contributed by atoms with van der Waals surface area (Å²) in [4.78, 5) is 9.03. The number of rotatable bonds is 1. The highest BCUT2D eigenvalue weighted by molar-refractivity contribution is 6.30. The third-order valence-corrected chi connectivity index (χ3v) is 3.55. The van der Waals surface area contributed by atoms with Crippen LogP contribution < -0.4 is 5.73 Å². The first kappa shape index (κ1) is 12.9. The van der Waals surface area contributed by atoms with Gasteiger partial charge >= 0.3 is 0 Å². The van der Waals surface area contributed by atoms with E-state index in [0.717, 1.165) is 27.6 Å². The van der Waals surface area contributed by atoms with Gasteiger partial charge in [0.1, 0.15) is 5.82 Å². The van der Waals surface area contributed by atoms with Gasteiger partial charge in [0.25, 0.3) is 0 Å². The second-order valence-electron chi connectivity index (χ2n) is 4.91. The second-order valence-corrected chi connectivity index (χ2v) is 5.35. The number of halogens is 1. The molecule has 1 heterocycles. The van der Waals surface area contributed by atoms with Crippen molar-refractivity contribution in [3.63, 3.8) is 0 Å². The molecule has 0 saturated carbocycles. The van der Waals surface area contributed by atoms with E-state index in [1.54, 1.807) is 0 Å². The first-order valence-electron chi connectivity index (χ1n) is 6.35. The van der Waals surface area contributed by atoms with Crippen LogP contribution in [-0.2, 0) is 0 Å². The van der Waals surface area contributed by atoms with Crippen LogP contribution in [0.3, 0.4) is 0 Å². The van der Waals surface area contributed by atoms with Crippen LogP contribution in [0.1, 0.15) is 11.1 Å². The molecule has 0 fully saturated rings. The topological polar surface area (TPSA) is 51.8 Å². The number of benzene rings is 2. The Kier molecular flexibility index (Phi) is 3.07. The monoisotopic (exact) mass is 283 g/mol. The van der Waals surface area contributed by atoms with E-state index in [2.05, 4.69) is 9.97 Å². The lowest BCUT2D eigenvalue weighted by Crippen LogP contribution is -1.99. The largest absolute Gasteiger partial charge is 0.383 e. The Morgan fingerprint density at radius 3 is 2.55 bits per heavy atom. The summed E-state index contributed by atoms with van der Waals surface area (Å²) in [5, 5.41) is 1.59. The number of nitrogen functional groups attached to an aromatic ring is 1. The predicted octanol–water partition coefficient (Wildman–Crippen LogP) is 4.15. The van der Waals surface area contributed by atoms with Gasteiger partial charge in [-0.2, -0.15) is 0 Å². The molecule has 3 nitrogen and oxygen atoms in total. The van der Waals surface area contributed by atoms with E-state index in [9.17, 15) is 0 Å². The summed E-state index contributed by atoms with van der Waals surface area (Å²) in [6.45, 7) is 4.01. The maximum atomic E-state index is 6.07. The lowest BCUT2D eigenvalue weighted by Gasteiger charge is -2.08. The average Bonchev–Trinajstić information content (AvgIpc) is 2.39. The number of aryl methyl sites for hydroxylation is 2. The summed E-state index contributed by atoms with van der Waals surface area (Å²) in [6.07, 6.45) is 0. The number of anilines is 1. The lowest BCUT2D eigenvalue weighted by atomic mass is 10.1. The third-order valence-electron chi connectivity index (χ3n) is 3.31. The molecule has 2 N–H and O–H groups in total. The highest BCUT2D eigenvalue weighted by Crippen LogP contribution is 2.27. The minimum absolute atomic E-state index is 0.503. The molecular formula is C16H14ClN3. The van der Waals surface area contributed by atoms with Crippen LogP contribution in [-0.4, -0.2) is 9.97 Å². The maximum absolute atomic E-state index is 6.07. The summed E-state index contributed by atoms with van der Waals surface area (Å²) in [7, 11) is 0. The Labute approximate surface area is 122 Å². The van der Waals surface area contributed by atoms with E-state index < -0.39 is 0 Å². The van der Waals surface area contributed by atoms with Crippen LogP contribution in [0.15, 0.2) is 36.4 Å². The number of aromatic nitrogens is 2. The minimum Gasteiger partial charge on any atom is -0.383 e. The highest BCUT2D eigenvalue weighted by Gasteiger charge is 2.10. The molecule has 4 heteroatoms. The Bertz CT molecular complexity index is 812. The van der Waals surface area contributed by atoms with Gasteiger partial charge in [-0.05, 0) is 49.7 Å². The van der Waals surface area contributed by atoms with E-state index in [4.69, 9.17) is 17.3 Å². The van der Waals surface area contributed by atoms with Gasteiger partial charge < -0.3 is 5.73 Å². The second kappa shape index (κ2) is 4.76. The number of nitrogens with zero attached hydrogens (tertiary/aromatic N) is 2. The van der Waals surface area contributed by atoms with Crippen LogP contribution >= 0.6 is 11.6 Å². The van der Waals surface area contributed by atoms with Gasteiger partial charge in [0.2, 0.25) is 0 Å². The molecule has 0 aliphatic rings. The fourth-order valence-electron chi connectivity index (χ4n) is 2.26. The van der Waals surface area contributed by atoms with Gasteiger partial charge in [0.15, 0.2) is 5.82 Å². The Morgan fingerprint density at radius 1 is 1.00 bits per heavy atom. The maximum Gasteiger partial charge on any atom is 0.162 e. The SMILES string of the molecule is Cc1ccc2nc(-c3ccc(Cl)cc3C)nc(N)c2c1. The summed E-state index contributed by atoms with van der Waals surface area (Å²) >= 11 is 5.98. The van der Waals surface area contributed by atoms with Gasteiger partial charge in [-0.3, -0.25) is 0 Å². The number of nitrogens with two attached hydrogens (primary N) is 1. The molecule has 0 amide bonds. The van der Waals surface area contributed by atoms with E-state index in [0.29, 0.717) is 16.7 Å². The van der Waals surface area contributed by atoms with Gasteiger partial charge in [-0.25, -0.2) is 9.97 Å². The molecular weight excluding hydrogens is 270 g/mol. The average molecular weight is 284 g/mol.